The monoisotopic (exact) mass is 170 g/mol. The molecule has 12 heavy (non-hydrogen) atoms. The third-order valence-electron chi connectivity index (χ3n) is 2.24. The standard InChI is InChI=1S/C10H22N2/c1-6-9(4)7-12(5)10(11)8(2)3/h8-9,11H,6-7H2,1-5H3. The quantitative estimate of drug-likeness (QED) is 0.509. The molecule has 0 amide bonds. The number of hydrogen-bond donors (Lipinski definition) is 1. The summed E-state index contributed by atoms with van der Waals surface area (Å²) in [6, 6.07) is 0. The van der Waals surface area contributed by atoms with Crippen LogP contribution in [-0.2, 0) is 0 Å². The third kappa shape index (κ3) is 3.74. The summed E-state index contributed by atoms with van der Waals surface area (Å²) in [5, 5.41) is 7.74. The molecule has 1 unspecified atom stereocenters. The molecule has 0 rings (SSSR count). The second-order valence-corrected chi connectivity index (χ2v) is 3.93. The van der Waals surface area contributed by atoms with Crippen molar-refractivity contribution >= 4 is 5.84 Å². The Kier molecular flexibility index (Phi) is 4.95. The van der Waals surface area contributed by atoms with Crippen molar-refractivity contribution in [2.45, 2.75) is 34.1 Å². The van der Waals surface area contributed by atoms with E-state index in [4.69, 9.17) is 5.41 Å². The van der Waals surface area contributed by atoms with Crippen LogP contribution in [0.1, 0.15) is 34.1 Å². The Bertz CT molecular complexity index is 141. The number of amidine groups is 1. The Morgan fingerprint density at radius 3 is 2.17 bits per heavy atom. The number of rotatable bonds is 4. The summed E-state index contributed by atoms with van der Waals surface area (Å²) in [6.07, 6.45) is 1.19. The van der Waals surface area contributed by atoms with Crippen LogP contribution in [0.4, 0.5) is 0 Å². The van der Waals surface area contributed by atoms with Gasteiger partial charge < -0.3 is 4.90 Å². The molecular formula is C10H22N2. The lowest BCUT2D eigenvalue weighted by atomic mass is 10.1. The second-order valence-electron chi connectivity index (χ2n) is 3.93. The Morgan fingerprint density at radius 2 is 1.83 bits per heavy atom. The second kappa shape index (κ2) is 5.18. The van der Waals surface area contributed by atoms with Gasteiger partial charge in [-0.25, -0.2) is 0 Å². The fourth-order valence-corrected chi connectivity index (χ4v) is 1.14. The molecule has 0 aliphatic rings. The minimum atomic E-state index is 0.346. The van der Waals surface area contributed by atoms with Gasteiger partial charge in [0.2, 0.25) is 0 Å². The molecule has 0 saturated carbocycles. The highest BCUT2D eigenvalue weighted by Gasteiger charge is 2.10. The molecule has 2 nitrogen and oxygen atoms in total. The molecule has 72 valence electrons. The summed E-state index contributed by atoms with van der Waals surface area (Å²) < 4.78 is 0. The van der Waals surface area contributed by atoms with Crippen LogP contribution in [0.5, 0.6) is 0 Å². The summed E-state index contributed by atoms with van der Waals surface area (Å²) >= 11 is 0. The van der Waals surface area contributed by atoms with E-state index in [0.29, 0.717) is 11.8 Å². The summed E-state index contributed by atoms with van der Waals surface area (Å²) in [6.45, 7) is 9.56. The van der Waals surface area contributed by atoms with Crippen LogP contribution in [0.25, 0.3) is 0 Å². The molecule has 0 aliphatic carbocycles. The number of nitrogens with one attached hydrogen (secondary N) is 1. The molecule has 2 heteroatoms. The number of hydrogen-bond acceptors (Lipinski definition) is 1. The van der Waals surface area contributed by atoms with E-state index in [1.165, 1.54) is 6.42 Å². The fraction of sp³-hybridized carbons (Fsp3) is 0.900. The van der Waals surface area contributed by atoms with E-state index < -0.39 is 0 Å². The van der Waals surface area contributed by atoms with Crippen LogP contribution < -0.4 is 0 Å². The fourth-order valence-electron chi connectivity index (χ4n) is 1.14. The molecule has 0 aromatic rings. The molecule has 0 aliphatic heterocycles. The lowest BCUT2D eigenvalue weighted by molar-refractivity contribution is 0.381. The molecule has 0 spiro atoms. The van der Waals surface area contributed by atoms with E-state index >= 15 is 0 Å². The molecule has 1 N–H and O–H groups in total. The van der Waals surface area contributed by atoms with Gasteiger partial charge in [-0.15, -0.1) is 0 Å². The minimum Gasteiger partial charge on any atom is -0.363 e. The van der Waals surface area contributed by atoms with E-state index in [2.05, 4.69) is 32.6 Å². The van der Waals surface area contributed by atoms with Gasteiger partial charge in [0, 0.05) is 19.5 Å². The Hall–Kier alpha value is -0.530. The van der Waals surface area contributed by atoms with Gasteiger partial charge in [0.05, 0.1) is 5.84 Å². The molecule has 0 fully saturated rings. The van der Waals surface area contributed by atoms with Crippen LogP contribution in [0, 0.1) is 17.2 Å². The maximum Gasteiger partial charge on any atom is 0.0981 e. The van der Waals surface area contributed by atoms with Crippen molar-refractivity contribution in [2.75, 3.05) is 13.6 Å². The molecule has 0 aromatic heterocycles. The molecular weight excluding hydrogens is 148 g/mol. The van der Waals surface area contributed by atoms with Crippen molar-refractivity contribution in [3.8, 4) is 0 Å². The van der Waals surface area contributed by atoms with Crippen LogP contribution in [0.15, 0.2) is 0 Å². The zero-order chi connectivity index (χ0) is 9.72. The van der Waals surface area contributed by atoms with Gasteiger partial charge in [-0.3, -0.25) is 5.41 Å². The first kappa shape index (κ1) is 11.5. The molecule has 1 atom stereocenters. The van der Waals surface area contributed by atoms with E-state index in [1.54, 1.807) is 0 Å². The van der Waals surface area contributed by atoms with E-state index in [0.717, 1.165) is 12.4 Å². The zero-order valence-corrected chi connectivity index (χ0v) is 9.02. The first-order chi connectivity index (χ1) is 5.49. The van der Waals surface area contributed by atoms with Crippen molar-refractivity contribution < 1.29 is 0 Å². The van der Waals surface area contributed by atoms with Crippen LogP contribution in [0.2, 0.25) is 0 Å². The van der Waals surface area contributed by atoms with Gasteiger partial charge in [0.1, 0.15) is 0 Å². The predicted octanol–water partition coefficient (Wildman–Crippen LogP) is 2.60. The molecule has 0 aromatic carbocycles. The van der Waals surface area contributed by atoms with Gasteiger partial charge in [-0.2, -0.15) is 0 Å². The summed E-state index contributed by atoms with van der Waals surface area (Å²) in [4.78, 5) is 2.05. The SMILES string of the molecule is CCC(C)CN(C)C(=N)C(C)C. The molecule has 0 heterocycles. The van der Waals surface area contributed by atoms with E-state index in [9.17, 15) is 0 Å². The lowest BCUT2D eigenvalue weighted by Crippen LogP contribution is -2.33. The summed E-state index contributed by atoms with van der Waals surface area (Å²) in [7, 11) is 2.01. The first-order valence-corrected chi connectivity index (χ1v) is 4.78. The van der Waals surface area contributed by atoms with Gasteiger partial charge in [-0.1, -0.05) is 34.1 Å². The average Bonchev–Trinajstić information content (AvgIpc) is 2.02. The van der Waals surface area contributed by atoms with E-state index in [1.807, 2.05) is 7.05 Å². The first-order valence-electron chi connectivity index (χ1n) is 4.78. The normalized spacial score (nSPS) is 13.2. The van der Waals surface area contributed by atoms with Crippen LogP contribution >= 0.6 is 0 Å². The van der Waals surface area contributed by atoms with Crippen molar-refractivity contribution in [3.05, 3.63) is 0 Å². The largest absolute Gasteiger partial charge is 0.363 e. The highest BCUT2D eigenvalue weighted by molar-refractivity contribution is 5.80. The van der Waals surface area contributed by atoms with Gasteiger partial charge in [-0.05, 0) is 5.92 Å². The Labute approximate surface area is 76.5 Å². The van der Waals surface area contributed by atoms with Crippen molar-refractivity contribution in [1.82, 2.24) is 4.90 Å². The van der Waals surface area contributed by atoms with E-state index in [-0.39, 0.29) is 0 Å². The van der Waals surface area contributed by atoms with Gasteiger partial charge in [0.15, 0.2) is 0 Å². The summed E-state index contributed by atoms with van der Waals surface area (Å²) in [5.41, 5.74) is 0. The third-order valence-corrected chi connectivity index (χ3v) is 2.24. The van der Waals surface area contributed by atoms with Crippen molar-refractivity contribution in [3.63, 3.8) is 0 Å². The molecule has 0 saturated heterocycles. The van der Waals surface area contributed by atoms with Crippen LogP contribution in [0.3, 0.4) is 0 Å². The maximum absolute atomic E-state index is 7.74. The zero-order valence-electron chi connectivity index (χ0n) is 9.02. The Balaban J connectivity index is 3.86. The Morgan fingerprint density at radius 1 is 1.33 bits per heavy atom. The van der Waals surface area contributed by atoms with Gasteiger partial charge >= 0.3 is 0 Å². The molecule has 0 bridgehead atoms. The minimum absolute atomic E-state index is 0.346. The topological polar surface area (TPSA) is 27.1 Å². The number of nitrogens with zero attached hydrogens (tertiary/aromatic N) is 1. The van der Waals surface area contributed by atoms with Crippen LogP contribution in [-0.4, -0.2) is 24.3 Å². The highest BCUT2D eigenvalue weighted by atomic mass is 15.1. The highest BCUT2D eigenvalue weighted by Crippen LogP contribution is 2.06. The molecule has 0 radical (unpaired) electrons. The summed E-state index contributed by atoms with van der Waals surface area (Å²) in [5.74, 6) is 1.78. The van der Waals surface area contributed by atoms with Gasteiger partial charge in [0.25, 0.3) is 0 Å². The van der Waals surface area contributed by atoms with Crippen molar-refractivity contribution in [1.29, 1.82) is 5.41 Å². The maximum atomic E-state index is 7.74. The van der Waals surface area contributed by atoms with Crippen molar-refractivity contribution in [2.24, 2.45) is 11.8 Å². The smallest absolute Gasteiger partial charge is 0.0981 e. The lowest BCUT2D eigenvalue weighted by Gasteiger charge is -2.25. The predicted molar refractivity (Wildman–Crippen MR) is 54.6 cm³/mol. The average molecular weight is 170 g/mol.